The molecular formula is C33H46N6O. The number of hydrogen-bond donors (Lipinski definition) is 1. The molecule has 0 bridgehead atoms. The summed E-state index contributed by atoms with van der Waals surface area (Å²) in [6, 6.07) is -0.191. The summed E-state index contributed by atoms with van der Waals surface area (Å²) in [6.07, 6.45) is 23.1. The van der Waals surface area contributed by atoms with Crippen LogP contribution in [-0.2, 0) is 4.79 Å². The Morgan fingerprint density at radius 3 is 2.42 bits per heavy atom. The van der Waals surface area contributed by atoms with Crippen molar-refractivity contribution in [3.05, 3.63) is 91.1 Å². The Morgan fingerprint density at radius 2 is 1.73 bits per heavy atom. The van der Waals surface area contributed by atoms with Gasteiger partial charge in [-0.15, -0.1) is 0 Å². The fourth-order valence-corrected chi connectivity index (χ4v) is 4.78. The molecule has 7 heteroatoms. The van der Waals surface area contributed by atoms with Crippen molar-refractivity contribution in [2.75, 3.05) is 31.5 Å². The molecule has 7 nitrogen and oxygen atoms in total. The van der Waals surface area contributed by atoms with Crippen LogP contribution in [0.4, 0.5) is 5.82 Å². The van der Waals surface area contributed by atoms with E-state index < -0.39 is 6.04 Å². The molecule has 0 radical (unpaired) electrons. The molecule has 1 saturated heterocycles. The van der Waals surface area contributed by atoms with Gasteiger partial charge in [-0.2, -0.15) is 0 Å². The van der Waals surface area contributed by atoms with E-state index in [1.54, 1.807) is 12.4 Å². The summed E-state index contributed by atoms with van der Waals surface area (Å²) >= 11 is 0. The van der Waals surface area contributed by atoms with Crippen molar-refractivity contribution in [2.24, 2.45) is 0 Å². The summed E-state index contributed by atoms with van der Waals surface area (Å²) < 4.78 is 2.00. The fraction of sp³-hybridized carbons (Fsp3) is 0.424. The maximum atomic E-state index is 13.5. The van der Waals surface area contributed by atoms with Gasteiger partial charge in [-0.1, -0.05) is 75.6 Å². The molecule has 2 unspecified atom stereocenters. The zero-order valence-corrected chi connectivity index (χ0v) is 24.9. The van der Waals surface area contributed by atoms with Gasteiger partial charge in [-0.05, 0) is 51.2 Å². The third-order valence-electron chi connectivity index (χ3n) is 7.23. The summed E-state index contributed by atoms with van der Waals surface area (Å²) in [5, 5.41) is 3.47. The number of rotatable bonds is 13. The Labute approximate surface area is 240 Å². The van der Waals surface area contributed by atoms with E-state index in [2.05, 4.69) is 79.5 Å². The van der Waals surface area contributed by atoms with Gasteiger partial charge in [0.15, 0.2) is 5.65 Å². The molecule has 1 fully saturated rings. The largest absolute Gasteiger partial charge is 0.358 e. The van der Waals surface area contributed by atoms with Crippen LogP contribution in [0.1, 0.15) is 58.3 Å². The molecule has 1 amide bonds. The van der Waals surface area contributed by atoms with Crippen molar-refractivity contribution in [1.29, 1.82) is 0 Å². The lowest BCUT2D eigenvalue weighted by molar-refractivity contribution is -0.133. The fourth-order valence-electron chi connectivity index (χ4n) is 4.78. The number of carbonyl (C=O) groups excluding carboxylic acids is 1. The number of fused-ring (bicyclic) bond motifs is 1. The number of nitrogens with zero attached hydrogens (tertiary/aromatic N) is 5. The number of imidazole rings is 1. The summed E-state index contributed by atoms with van der Waals surface area (Å²) in [7, 11) is 0. The first-order chi connectivity index (χ1) is 19.3. The smallest absolute Gasteiger partial charge is 0.244 e. The van der Waals surface area contributed by atoms with Crippen LogP contribution in [0.15, 0.2) is 79.7 Å². The first kappa shape index (κ1) is 30.8. The van der Waals surface area contributed by atoms with Crippen molar-refractivity contribution in [2.45, 2.75) is 66.0 Å². The molecule has 214 valence electrons. The Bertz CT molecular complexity index is 1290. The van der Waals surface area contributed by atoms with Crippen LogP contribution in [0.25, 0.3) is 11.2 Å². The van der Waals surface area contributed by atoms with Crippen molar-refractivity contribution in [3.63, 3.8) is 0 Å². The van der Waals surface area contributed by atoms with Crippen molar-refractivity contribution < 1.29 is 4.79 Å². The van der Waals surface area contributed by atoms with Crippen LogP contribution in [0.2, 0.25) is 0 Å². The van der Waals surface area contributed by atoms with Crippen molar-refractivity contribution >= 4 is 22.9 Å². The number of carbonyl (C=O) groups is 1. The van der Waals surface area contributed by atoms with Gasteiger partial charge in [0.25, 0.3) is 0 Å². The van der Waals surface area contributed by atoms with Gasteiger partial charge in [-0.25, -0.2) is 4.98 Å². The van der Waals surface area contributed by atoms with Crippen LogP contribution in [-0.4, -0.2) is 68.3 Å². The quantitative estimate of drug-likeness (QED) is 0.235. The van der Waals surface area contributed by atoms with Crippen LogP contribution in [0, 0.1) is 6.92 Å². The average molecular weight is 543 g/mol. The Balaban J connectivity index is 1.67. The van der Waals surface area contributed by atoms with E-state index in [0.29, 0.717) is 24.4 Å². The van der Waals surface area contributed by atoms with E-state index in [1.807, 2.05) is 41.4 Å². The third-order valence-corrected chi connectivity index (χ3v) is 7.23. The van der Waals surface area contributed by atoms with Gasteiger partial charge in [-0.3, -0.25) is 19.1 Å². The molecule has 1 aliphatic rings. The van der Waals surface area contributed by atoms with Crippen LogP contribution >= 0.6 is 0 Å². The molecule has 2 atom stereocenters. The Morgan fingerprint density at radius 1 is 1.00 bits per heavy atom. The SMILES string of the molecule is C=C(/C=C\C=C/CC)c1nc2cncc(C)n2c1NC(C)C(=O)N1CCN(C(C)C(=C)/C=C\C/C=C\CC)CC1. The number of aromatic nitrogens is 3. The van der Waals surface area contributed by atoms with E-state index in [1.165, 1.54) is 0 Å². The average Bonchev–Trinajstić information content (AvgIpc) is 3.33. The summed E-state index contributed by atoms with van der Waals surface area (Å²) in [6.45, 7) is 21.9. The lowest BCUT2D eigenvalue weighted by atomic mass is 10.1. The number of nitrogens with one attached hydrogen (secondary N) is 1. The van der Waals surface area contributed by atoms with Gasteiger partial charge in [0, 0.05) is 44.1 Å². The van der Waals surface area contributed by atoms with Crippen molar-refractivity contribution in [3.8, 4) is 0 Å². The molecule has 2 aromatic heterocycles. The zero-order chi connectivity index (χ0) is 29.1. The number of piperazine rings is 1. The second-order valence-electron chi connectivity index (χ2n) is 10.3. The summed E-state index contributed by atoms with van der Waals surface area (Å²) in [4.78, 5) is 27.0. The normalized spacial score (nSPS) is 16.6. The molecule has 1 N–H and O–H groups in total. The molecule has 2 aromatic rings. The third kappa shape index (κ3) is 7.92. The minimum absolute atomic E-state index is 0.0772. The van der Waals surface area contributed by atoms with E-state index >= 15 is 0 Å². The maximum Gasteiger partial charge on any atom is 0.244 e. The number of hydrogen-bond acceptors (Lipinski definition) is 5. The maximum absolute atomic E-state index is 13.5. The molecule has 0 aromatic carbocycles. The molecule has 1 aliphatic heterocycles. The number of amides is 1. The van der Waals surface area contributed by atoms with Gasteiger partial charge in [0.05, 0.1) is 6.20 Å². The van der Waals surface area contributed by atoms with E-state index in [0.717, 1.165) is 55.0 Å². The predicted molar refractivity (Wildman–Crippen MR) is 168 cm³/mol. The minimum atomic E-state index is -0.430. The van der Waals surface area contributed by atoms with E-state index in [9.17, 15) is 4.79 Å². The second kappa shape index (κ2) is 15.2. The Kier molecular flexibility index (Phi) is 11.7. The Hall–Kier alpha value is -3.71. The highest BCUT2D eigenvalue weighted by Gasteiger charge is 2.28. The van der Waals surface area contributed by atoms with E-state index in [-0.39, 0.29) is 11.9 Å². The first-order valence-electron chi connectivity index (χ1n) is 14.4. The predicted octanol–water partition coefficient (Wildman–Crippen LogP) is 6.38. The van der Waals surface area contributed by atoms with Gasteiger partial charge in [0.1, 0.15) is 17.6 Å². The molecule has 0 saturated carbocycles. The number of allylic oxidation sites excluding steroid dienone is 8. The minimum Gasteiger partial charge on any atom is -0.358 e. The highest BCUT2D eigenvalue weighted by atomic mass is 16.2. The highest BCUT2D eigenvalue weighted by molar-refractivity contribution is 5.87. The van der Waals surface area contributed by atoms with Crippen LogP contribution in [0.3, 0.4) is 0 Å². The van der Waals surface area contributed by atoms with Gasteiger partial charge in [0.2, 0.25) is 5.91 Å². The molecule has 0 aliphatic carbocycles. The molecule has 40 heavy (non-hydrogen) atoms. The lowest BCUT2D eigenvalue weighted by Crippen LogP contribution is -2.54. The van der Waals surface area contributed by atoms with Gasteiger partial charge < -0.3 is 10.2 Å². The first-order valence-corrected chi connectivity index (χ1v) is 14.4. The van der Waals surface area contributed by atoms with Gasteiger partial charge >= 0.3 is 0 Å². The molecule has 3 heterocycles. The lowest BCUT2D eigenvalue weighted by Gasteiger charge is -2.39. The van der Waals surface area contributed by atoms with Crippen LogP contribution in [0.5, 0.6) is 0 Å². The highest BCUT2D eigenvalue weighted by Crippen LogP contribution is 2.27. The second-order valence-corrected chi connectivity index (χ2v) is 10.3. The molecule has 3 rings (SSSR count). The topological polar surface area (TPSA) is 65.8 Å². The summed E-state index contributed by atoms with van der Waals surface area (Å²) in [5.41, 5.74) is 4.23. The molecule has 0 spiro atoms. The zero-order valence-electron chi connectivity index (χ0n) is 24.9. The van der Waals surface area contributed by atoms with Crippen molar-refractivity contribution in [1.82, 2.24) is 24.2 Å². The summed E-state index contributed by atoms with van der Waals surface area (Å²) in [5.74, 6) is 0.836. The molecular weight excluding hydrogens is 496 g/mol. The number of aryl methyl sites for hydroxylation is 1. The van der Waals surface area contributed by atoms with Crippen LogP contribution < -0.4 is 5.32 Å². The number of anilines is 1. The monoisotopic (exact) mass is 542 g/mol. The standard InChI is InChI=1S/C33H46N6O/c1-8-10-12-14-16-17-25(3)29(7)37-19-21-38(22-20-37)33(40)28(6)35-32-31(26(4)18-15-13-11-9-2)36-30-24-34-23-27(5)39(30)32/h10-13,15-18,23-24,28-29,35H,3-4,8-9,14,19-22H2,1-2,5-7H3/b12-10-,13-11-,17-16-,18-15-. The van der Waals surface area contributed by atoms with E-state index in [4.69, 9.17) is 4.98 Å².